The SMILES string of the molecule is CC(=O)O[C@]1(C(C)=O)CC[C@H]2[C@@H]3CCC4=CC(=O)CC[C@]4(C)[C@H]3C(F)C[C@@]21C. The molecule has 0 aromatic heterocycles. The van der Waals surface area contributed by atoms with Gasteiger partial charge in [0.2, 0.25) is 0 Å². The van der Waals surface area contributed by atoms with E-state index in [-0.39, 0.29) is 41.2 Å². The van der Waals surface area contributed by atoms with E-state index in [1.807, 2.05) is 6.92 Å². The molecule has 5 heteroatoms. The van der Waals surface area contributed by atoms with Crippen LogP contribution in [0, 0.1) is 28.6 Å². The maximum absolute atomic E-state index is 15.9. The molecule has 0 spiro atoms. The standard InChI is InChI=1S/C23H31FO4/c1-13(25)23(28-14(2)26)10-8-18-17-6-5-15-11-16(27)7-9-21(15,3)20(17)19(24)12-22(18,23)4/h11,17-20H,5-10,12H2,1-4H3/t17-,18-,19?,20+,21-,22-,23-/m0/s1. The fraction of sp³-hybridized carbons (Fsp3) is 0.783. The number of ether oxygens (including phenoxy) is 1. The number of hydrogen-bond acceptors (Lipinski definition) is 4. The van der Waals surface area contributed by atoms with Crippen LogP contribution >= 0.6 is 0 Å². The van der Waals surface area contributed by atoms with Gasteiger partial charge in [0.15, 0.2) is 17.2 Å². The van der Waals surface area contributed by atoms with Crippen LogP contribution in [0.1, 0.15) is 72.6 Å². The lowest BCUT2D eigenvalue weighted by atomic mass is 9.45. The molecule has 0 heterocycles. The molecule has 0 radical (unpaired) electrons. The smallest absolute Gasteiger partial charge is 0.303 e. The molecule has 154 valence electrons. The van der Waals surface area contributed by atoms with Crippen molar-refractivity contribution in [2.45, 2.75) is 84.4 Å². The van der Waals surface area contributed by atoms with Crippen LogP contribution in [-0.2, 0) is 19.1 Å². The number of halogens is 1. The van der Waals surface area contributed by atoms with Crippen LogP contribution in [0.5, 0.6) is 0 Å². The van der Waals surface area contributed by atoms with Gasteiger partial charge in [-0.2, -0.15) is 0 Å². The minimum Gasteiger partial charge on any atom is -0.451 e. The lowest BCUT2D eigenvalue weighted by Gasteiger charge is -2.60. The maximum atomic E-state index is 15.9. The highest BCUT2D eigenvalue weighted by Gasteiger charge is 2.70. The normalized spacial score (nSPS) is 47.5. The molecular weight excluding hydrogens is 359 g/mol. The Labute approximate surface area is 166 Å². The Balaban J connectivity index is 1.75. The van der Waals surface area contributed by atoms with Crippen LogP contribution in [0.2, 0.25) is 0 Å². The van der Waals surface area contributed by atoms with Gasteiger partial charge in [-0.15, -0.1) is 0 Å². The Hall–Kier alpha value is -1.52. The van der Waals surface area contributed by atoms with Crippen molar-refractivity contribution in [3.8, 4) is 0 Å². The van der Waals surface area contributed by atoms with Crippen molar-refractivity contribution >= 4 is 17.5 Å². The molecule has 0 bridgehead atoms. The minimum atomic E-state index is -1.21. The fourth-order valence-corrected chi connectivity index (χ4v) is 7.67. The summed E-state index contributed by atoms with van der Waals surface area (Å²) in [5.41, 5.74) is -1.04. The fourth-order valence-electron chi connectivity index (χ4n) is 7.67. The summed E-state index contributed by atoms with van der Waals surface area (Å²) < 4.78 is 21.6. The van der Waals surface area contributed by atoms with Gasteiger partial charge in [0.25, 0.3) is 0 Å². The van der Waals surface area contributed by atoms with Crippen LogP contribution in [0.4, 0.5) is 4.39 Å². The van der Waals surface area contributed by atoms with Gasteiger partial charge in [0, 0.05) is 24.7 Å². The van der Waals surface area contributed by atoms with Crippen molar-refractivity contribution in [3.05, 3.63) is 11.6 Å². The zero-order chi connectivity index (χ0) is 20.5. The zero-order valence-electron chi connectivity index (χ0n) is 17.3. The molecule has 3 saturated carbocycles. The average molecular weight is 390 g/mol. The van der Waals surface area contributed by atoms with E-state index in [2.05, 4.69) is 6.92 Å². The lowest BCUT2D eigenvalue weighted by Crippen LogP contribution is -2.61. The first-order valence-electron chi connectivity index (χ1n) is 10.6. The van der Waals surface area contributed by atoms with Gasteiger partial charge in [0.05, 0.1) is 0 Å². The van der Waals surface area contributed by atoms with Crippen LogP contribution in [0.3, 0.4) is 0 Å². The minimum absolute atomic E-state index is 0.126. The van der Waals surface area contributed by atoms with E-state index >= 15 is 4.39 Å². The summed E-state index contributed by atoms with van der Waals surface area (Å²) in [6.45, 7) is 6.91. The first-order chi connectivity index (χ1) is 13.0. The molecule has 3 fully saturated rings. The van der Waals surface area contributed by atoms with Crippen molar-refractivity contribution in [2.75, 3.05) is 0 Å². The van der Waals surface area contributed by atoms with E-state index in [1.165, 1.54) is 13.8 Å². The van der Waals surface area contributed by atoms with Gasteiger partial charge < -0.3 is 4.74 Å². The van der Waals surface area contributed by atoms with E-state index < -0.39 is 23.2 Å². The number of carbonyl (C=O) groups is 3. The quantitative estimate of drug-likeness (QED) is 0.658. The monoisotopic (exact) mass is 390 g/mol. The predicted octanol–water partition coefficient (Wildman–Crippen LogP) is 4.36. The Bertz CT molecular complexity index is 773. The highest BCUT2D eigenvalue weighted by molar-refractivity contribution is 5.91. The molecule has 0 aromatic carbocycles. The van der Waals surface area contributed by atoms with Crippen LogP contribution < -0.4 is 0 Å². The molecule has 7 atom stereocenters. The second-order valence-electron chi connectivity index (χ2n) is 10.0. The van der Waals surface area contributed by atoms with Crippen LogP contribution in [0.15, 0.2) is 11.6 Å². The number of fused-ring (bicyclic) bond motifs is 5. The van der Waals surface area contributed by atoms with Gasteiger partial charge in [-0.3, -0.25) is 14.4 Å². The second-order valence-corrected chi connectivity index (χ2v) is 10.0. The topological polar surface area (TPSA) is 60.4 Å². The predicted molar refractivity (Wildman–Crippen MR) is 102 cm³/mol. The van der Waals surface area contributed by atoms with E-state index in [0.717, 1.165) is 24.8 Å². The summed E-state index contributed by atoms with van der Waals surface area (Å²) in [5.74, 6) is -0.290. The van der Waals surface area contributed by atoms with E-state index in [1.54, 1.807) is 6.08 Å². The van der Waals surface area contributed by atoms with Crippen molar-refractivity contribution < 1.29 is 23.5 Å². The molecule has 4 nitrogen and oxygen atoms in total. The molecule has 4 rings (SSSR count). The third kappa shape index (κ3) is 2.43. The number of alkyl halides is 1. The first kappa shape index (κ1) is 19.8. The molecule has 28 heavy (non-hydrogen) atoms. The Morgan fingerprint density at radius 3 is 2.50 bits per heavy atom. The maximum Gasteiger partial charge on any atom is 0.303 e. The highest BCUT2D eigenvalue weighted by atomic mass is 19.1. The van der Waals surface area contributed by atoms with Gasteiger partial charge in [-0.05, 0) is 68.8 Å². The summed E-state index contributed by atoms with van der Waals surface area (Å²) in [6.07, 6.45) is 5.07. The molecule has 1 unspecified atom stereocenters. The molecule has 0 amide bonds. The molecular formula is C23H31FO4. The highest BCUT2D eigenvalue weighted by Crippen LogP contribution is 2.68. The number of esters is 1. The Morgan fingerprint density at radius 1 is 1.14 bits per heavy atom. The van der Waals surface area contributed by atoms with Crippen molar-refractivity contribution in [2.24, 2.45) is 28.6 Å². The van der Waals surface area contributed by atoms with Crippen LogP contribution in [-0.4, -0.2) is 29.3 Å². The molecule has 4 aliphatic rings. The summed E-state index contributed by atoms with van der Waals surface area (Å²) >= 11 is 0. The number of allylic oxidation sites excluding steroid dienone is 1. The lowest BCUT2D eigenvalue weighted by molar-refractivity contribution is -0.193. The van der Waals surface area contributed by atoms with Crippen molar-refractivity contribution in [1.29, 1.82) is 0 Å². The number of Topliss-reactive ketones (excluding diaryl/α,β-unsaturated/α-hetero) is 1. The van der Waals surface area contributed by atoms with Gasteiger partial charge in [0.1, 0.15) is 6.17 Å². The van der Waals surface area contributed by atoms with Gasteiger partial charge >= 0.3 is 5.97 Å². The van der Waals surface area contributed by atoms with Crippen molar-refractivity contribution in [3.63, 3.8) is 0 Å². The van der Waals surface area contributed by atoms with E-state index in [9.17, 15) is 14.4 Å². The van der Waals surface area contributed by atoms with E-state index in [0.29, 0.717) is 19.3 Å². The second kappa shape index (κ2) is 6.24. The third-order valence-corrected chi connectivity index (χ3v) is 8.86. The largest absolute Gasteiger partial charge is 0.451 e. The number of hydrogen-bond donors (Lipinski definition) is 0. The molecule has 4 aliphatic carbocycles. The van der Waals surface area contributed by atoms with Crippen LogP contribution in [0.25, 0.3) is 0 Å². The first-order valence-corrected chi connectivity index (χ1v) is 10.6. The molecule has 0 aromatic rings. The molecule has 0 N–H and O–H groups in total. The summed E-state index contributed by atoms with van der Waals surface area (Å²) in [5, 5.41) is 0. The molecule has 0 saturated heterocycles. The number of carbonyl (C=O) groups excluding carboxylic acids is 3. The Kier molecular flexibility index (Phi) is 4.41. The van der Waals surface area contributed by atoms with Crippen molar-refractivity contribution in [1.82, 2.24) is 0 Å². The van der Waals surface area contributed by atoms with E-state index in [4.69, 9.17) is 4.74 Å². The third-order valence-electron chi connectivity index (χ3n) is 8.86. The summed E-state index contributed by atoms with van der Waals surface area (Å²) in [6, 6.07) is 0. The van der Waals surface area contributed by atoms with Gasteiger partial charge in [-0.25, -0.2) is 4.39 Å². The zero-order valence-corrected chi connectivity index (χ0v) is 17.3. The van der Waals surface area contributed by atoms with Gasteiger partial charge in [-0.1, -0.05) is 19.4 Å². The summed E-state index contributed by atoms with van der Waals surface area (Å²) in [4.78, 5) is 36.5. The number of rotatable bonds is 2. The number of ketones is 2. The average Bonchev–Trinajstić information content (AvgIpc) is 2.88. The molecule has 0 aliphatic heterocycles. The Morgan fingerprint density at radius 2 is 1.86 bits per heavy atom. The summed E-state index contributed by atoms with van der Waals surface area (Å²) in [7, 11) is 0.